The van der Waals surface area contributed by atoms with Gasteiger partial charge in [0.05, 0.1) is 32.5 Å². The second-order valence-corrected chi connectivity index (χ2v) is 3.76. The molecular weight excluding hydrogens is 182 g/mol. The summed E-state index contributed by atoms with van der Waals surface area (Å²) in [6.45, 7) is 1.64. The Balaban J connectivity index is 1.95. The van der Waals surface area contributed by atoms with E-state index in [-0.39, 0.29) is 6.61 Å². The van der Waals surface area contributed by atoms with E-state index in [2.05, 4.69) is 0 Å². The Morgan fingerprint density at radius 1 is 1.21 bits per heavy atom. The molecule has 0 aromatic rings. The molecular formula is C10H21NO3. The number of aliphatic hydroxyl groups is 1. The van der Waals surface area contributed by atoms with Crippen molar-refractivity contribution in [3.63, 3.8) is 0 Å². The Kier molecular flexibility index (Phi) is 6.10. The van der Waals surface area contributed by atoms with Gasteiger partial charge in [-0.25, -0.2) is 0 Å². The molecule has 0 spiro atoms. The summed E-state index contributed by atoms with van der Waals surface area (Å²) in [6.07, 6.45) is 4.70. The minimum Gasteiger partial charge on any atom is -0.394 e. The van der Waals surface area contributed by atoms with Gasteiger partial charge in [-0.2, -0.15) is 0 Å². The molecule has 2 atom stereocenters. The van der Waals surface area contributed by atoms with Crippen molar-refractivity contribution in [1.82, 2.24) is 0 Å². The number of rotatable bonds is 6. The Bertz CT molecular complexity index is 143. The number of aliphatic hydroxyl groups excluding tert-OH is 1. The molecule has 0 radical (unpaired) electrons. The molecule has 84 valence electrons. The van der Waals surface area contributed by atoms with Crippen molar-refractivity contribution < 1.29 is 14.6 Å². The highest BCUT2D eigenvalue weighted by Crippen LogP contribution is 2.19. The van der Waals surface area contributed by atoms with Crippen LogP contribution in [0.5, 0.6) is 0 Å². The van der Waals surface area contributed by atoms with Crippen LogP contribution in [-0.2, 0) is 9.47 Å². The molecule has 14 heavy (non-hydrogen) atoms. The molecule has 0 saturated heterocycles. The van der Waals surface area contributed by atoms with Crippen molar-refractivity contribution in [2.24, 2.45) is 5.73 Å². The lowest BCUT2D eigenvalue weighted by Gasteiger charge is -2.26. The van der Waals surface area contributed by atoms with Gasteiger partial charge in [-0.05, 0) is 25.7 Å². The van der Waals surface area contributed by atoms with Crippen LogP contribution < -0.4 is 5.73 Å². The van der Waals surface area contributed by atoms with E-state index >= 15 is 0 Å². The Hall–Kier alpha value is -0.160. The molecule has 0 amide bonds. The Morgan fingerprint density at radius 3 is 2.79 bits per heavy atom. The molecule has 2 unspecified atom stereocenters. The molecule has 0 bridgehead atoms. The van der Waals surface area contributed by atoms with Gasteiger partial charge in [-0.3, -0.25) is 0 Å². The summed E-state index contributed by atoms with van der Waals surface area (Å²) < 4.78 is 10.7. The SMILES string of the molecule is NC1CCCC(OCCOCCO)C1. The van der Waals surface area contributed by atoms with Crippen LogP contribution in [0, 0.1) is 0 Å². The first kappa shape index (κ1) is 11.9. The Morgan fingerprint density at radius 2 is 2.07 bits per heavy atom. The number of ether oxygens (including phenoxy) is 2. The maximum atomic E-state index is 8.47. The molecule has 1 fully saturated rings. The van der Waals surface area contributed by atoms with E-state index in [0.717, 1.165) is 19.3 Å². The minimum atomic E-state index is 0.0777. The molecule has 1 saturated carbocycles. The van der Waals surface area contributed by atoms with E-state index in [9.17, 15) is 0 Å². The van der Waals surface area contributed by atoms with Gasteiger partial charge in [0.25, 0.3) is 0 Å². The smallest absolute Gasteiger partial charge is 0.0704 e. The van der Waals surface area contributed by atoms with Crippen molar-refractivity contribution >= 4 is 0 Å². The van der Waals surface area contributed by atoms with Crippen LogP contribution in [0.2, 0.25) is 0 Å². The van der Waals surface area contributed by atoms with Crippen LogP contribution in [0.3, 0.4) is 0 Å². The van der Waals surface area contributed by atoms with E-state index in [4.69, 9.17) is 20.3 Å². The van der Waals surface area contributed by atoms with Gasteiger partial charge in [0.1, 0.15) is 0 Å². The van der Waals surface area contributed by atoms with Crippen LogP contribution in [0.4, 0.5) is 0 Å². The second kappa shape index (κ2) is 7.17. The van der Waals surface area contributed by atoms with Gasteiger partial charge in [0.2, 0.25) is 0 Å². The summed E-state index contributed by atoms with van der Waals surface area (Å²) in [7, 11) is 0. The quantitative estimate of drug-likeness (QED) is 0.609. The summed E-state index contributed by atoms with van der Waals surface area (Å²) in [5, 5.41) is 8.47. The molecule has 0 aromatic carbocycles. The van der Waals surface area contributed by atoms with Gasteiger partial charge < -0.3 is 20.3 Å². The maximum absolute atomic E-state index is 8.47. The first-order chi connectivity index (χ1) is 6.83. The third-order valence-corrected chi connectivity index (χ3v) is 2.48. The summed E-state index contributed by atoms with van der Waals surface area (Å²) in [6, 6.07) is 0.312. The fourth-order valence-electron chi connectivity index (χ4n) is 1.77. The first-order valence-corrected chi connectivity index (χ1v) is 5.38. The van der Waals surface area contributed by atoms with Crippen molar-refractivity contribution in [3.05, 3.63) is 0 Å². The molecule has 0 aliphatic heterocycles. The third kappa shape index (κ3) is 4.91. The fraction of sp³-hybridized carbons (Fsp3) is 1.00. The summed E-state index contributed by atoms with van der Waals surface area (Å²) >= 11 is 0. The largest absolute Gasteiger partial charge is 0.394 e. The maximum Gasteiger partial charge on any atom is 0.0704 e. The molecule has 4 nitrogen and oxygen atoms in total. The summed E-state index contributed by atoms with van der Waals surface area (Å²) in [4.78, 5) is 0. The highest BCUT2D eigenvalue weighted by atomic mass is 16.5. The van der Waals surface area contributed by atoms with E-state index in [1.165, 1.54) is 6.42 Å². The van der Waals surface area contributed by atoms with E-state index < -0.39 is 0 Å². The zero-order valence-corrected chi connectivity index (χ0v) is 8.65. The number of nitrogens with two attached hydrogens (primary N) is 1. The molecule has 0 heterocycles. The van der Waals surface area contributed by atoms with Gasteiger partial charge in [0.15, 0.2) is 0 Å². The van der Waals surface area contributed by atoms with Gasteiger partial charge in [-0.1, -0.05) is 0 Å². The minimum absolute atomic E-state index is 0.0777. The summed E-state index contributed by atoms with van der Waals surface area (Å²) in [5.74, 6) is 0. The highest BCUT2D eigenvalue weighted by molar-refractivity contribution is 4.75. The van der Waals surface area contributed by atoms with Crippen LogP contribution >= 0.6 is 0 Å². The fourth-order valence-corrected chi connectivity index (χ4v) is 1.77. The predicted molar refractivity (Wildman–Crippen MR) is 54.1 cm³/mol. The van der Waals surface area contributed by atoms with E-state index in [1.807, 2.05) is 0 Å². The van der Waals surface area contributed by atoms with Crippen molar-refractivity contribution in [2.45, 2.75) is 37.8 Å². The van der Waals surface area contributed by atoms with Crippen LogP contribution in [0.15, 0.2) is 0 Å². The van der Waals surface area contributed by atoms with Crippen molar-refractivity contribution in [1.29, 1.82) is 0 Å². The van der Waals surface area contributed by atoms with Crippen LogP contribution in [-0.4, -0.2) is 43.7 Å². The zero-order chi connectivity index (χ0) is 10.2. The molecule has 4 heteroatoms. The van der Waals surface area contributed by atoms with Gasteiger partial charge in [0, 0.05) is 6.04 Å². The third-order valence-electron chi connectivity index (χ3n) is 2.48. The molecule has 3 N–H and O–H groups in total. The van der Waals surface area contributed by atoms with Crippen molar-refractivity contribution in [2.75, 3.05) is 26.4 Å². The number of hydrogen-bond donors (Lipinski definition) is 2. The first-order valence-electron chi connectivity index (χ1n) is 5.38. The molecule has 1 aliphatic carbocycles. The lowest BCUT2D eigenvalue weighted by molar-refractivity contribution is -0.0180. The standard InChI is InChI=1S/C10H21NO3/c11-9-2-1-3-10(8-9)14-7-6-13-5-4-12/h9-10,12H,1-8,11H2. The molecule has 1 rings (SSSR count). The van der Waals surface area contributed by atoms with Gasteiger partial charge >= 0.3 is 0 Å². The molecule has 0 aromatic heterocycles. The lowest BCUT2D eigenvalue weighted by Crippen LogP contribution is -2.32. The highest BCUT2D eigenvalue weighted by Gasteiger charge is 2.19. The van der Waals surface area contributed by atoms with E-state index in [0.29, 0.717) is 32.0 Å². The van der Waals surface area contributed by atoms with E-state index in [1.54, 1.807) is 0 Å². The Labute approximate surface area is 85.4 Å². The average Bonchev–Trinajstić information content (AvgIpc) is 2.18. The number of hydrogen-bond acceptors (Lipinski definition) is 4. The van der Waals surface area contributed by atoms with Crippen LogP contribution in [0.25, 0.3) is 0 Å². The van der Waals surface area contributed by atoms with Crippen LogP contribution in [0.1, 0.15) is 25.7 Å². The van der Waals surface area contributed by atoms with Crippen molar-refractivity contribution in [3.8, 4) is 0 Å². The topological polar surface area (TPSA) is 64.7 Å². The average molecular weight is 203 g/mol. The molecule has 1 aliphatic rings. The second-order valence-electron chi connectivity index (χ2n) is 3.76. The summed E-state index contributed by atoms with van der Waals surface area (Å²) in [5.41, 5.74) is 5.83. The zero-order valence-electron chi connectivity index (χ0n) is 8.65. The van der Waals surface area contributed by atoms with Gasteiger partial charge in [-0.15, -0.1) is 0 Å². The lowest BCUT2D eigenvalue weighted by atomic mass is 9.94. The normalized spacial score (nSPS) is 27.9. The monoisotopic (exact) mass is 203 g/mol. The predicted octanol–water partition coefficient (Wildman–Crippen LogP) is 0.282.